The van der Waals surface area contributed by atoms with Gasteiger partial charge in [0.1, 0.15) is 0 Å². The molecule has 1 unspecified atom stereocenters. The molecule has 0 aliphatic carbocycles. The monoisotopic (exact) mass is 274 g/mol. The molecule has 106 valence electrons. The summed E-state index contributed by atoms with van der Waals surface area (Å²) in [5.74, 6) is 0. The molecule has 3 rings (SSSR count). The Balaban J connectivity index is 2.17. The zero-order valence-corrected chi connectivity index (χ0v) is 11.8. The predicted molar refractivity (Wildman–Crippen MR) is 77.9 cm³/mol. The summed E-state index contributed by atoms with van der Waals surface area (Å²) in [5, 5.41) is 24.5. The van der Waals surface area contributed by atoms with Crippen molar-refractivity contribution in [1.29, 1.82) is 0 Å². The van der Waals surface area contributed by atoms with Gasteiger partial charge in [-0.3, -0.25) is 0 Å². The lowest BCUT2D eigenvalue weighted by molar-refractivity contribution is -0.0366. The summed E-state index contributed by atoms with van der Waals surface area (Å²) >= 11 is 0. The molecular formula is C14H19BN2O3. The second-order valence-corrected chi connectivity index (χ2v) is 5.45. The van der Waals surface area contributed by atoms with Crippen molar-refractivity contribution in [2.75, 3.05) is 6.61 Å². The van der Waals surface area contributed by atoms with Gasteiger partial charge in [0.2, 0.25) is 0 Å². The van der Waals surface area contributed by atoms with Crippen LogP contribution in [0, 0.1) is 13.8 Å². The third-order valence-electron chi connectivity index (χ3n) is 4.16. The minimum atomic E-state index is -1.48. The average Bonchev–Trinajstić information content (AvgIpc) is 2.83. The summed E-state index contributed by atoms with van der Waals surface area (Å²) < 4.78 is 7.64. The van der Waals surface area contributed by atoms with Crippen LogP contribution in [0.5, 0.6) is 0 Å². The highest BCUT2D eigenvalue weighted by Gasteiger charge is 2.24. The molecule has 2 heterocycles. The molecular weight excluding hydrogens is 255 g/mol. The molecule has 5 nitrogen and oxygen atoms in total. The molecule has 1 aliphatic rings. The highest BCUT2D eigenvalue weighted by molar-refractivity contribution is 6.62. The Hall–Kier alpha value is -1.37. The van der Waals surface area contributed by atoms with Gasteiger partial charge in [-0.2, -0.15) is 5.10 Å². The van der Waals surface area contributed by atoms with Crippen molar-refractivity contribution in [3.8, 4) is 0 Å². The van der Waals surface area contributed by atoms with Gasteiger partial charge in [0.15, 0.2) is 6.23 Å². The Morgan fingerprint density at radius 1 is 1.35 bits per heavy atom. The lowest BCUT2D eigenvalue weighted by atomic mass is 9.74. The molecule has 1 aliphatic heterocycles. The molecule has 0 saturated carbocycles. The van der Waals surface area contributed by atoms with Gasteiger partial charge in [0.25, 0.3) is 0 Å². The fraction of sp³-hybridized carbons (Fsp3) is 0.500. The molecule has 0 spiro atoms. The van der Waals surface area contributed by atoms with E-state index < -0.39 is 7.12 Å². The lowest BCUT2D eigenvalue weighted by Crippen LogP contribution is -2.33. The van der Waals surface area contributed by atoms with E-state index in [0.29, 0.717) is 5.46 Å². The van der Waals surface area contributed by atoms with Gasteiger partial charge in [0, 0.05) is 12.0 Å². The minimum absolute atomic E-state index is 0.0490. The first kappa shape index (κ1) is 13.6. The summed E-state index contributed by atoms with van der Waals surface area (Å²) in [6.07, 6.45) is 4.82. The number of hydrogen-bond acceptors (Lipinski definition) is 4. The van der Waals surface area contributed by atoms with Crippen molar-refractivity contribution < 1.29 is 14.8 Å². The minimum Gasteiger partial charge on any atom is -0.423 e. The summed E-state index contributed by atoms with van der Waals surface area (Å²) in [6.45, 7) is 4.63. The van der Waals surface area contributed by atoms with E-state index in [1.165, 1.54) is 0 Å². The number of benzene rings is 1. The first-order valence-electron chi connectivity index (χ1n) is 7.04. The normalized spacial score (nSPS) is 19.5. The third-order valence-corrected chi connectivity index (χ3v) is 4.16. The van der Waals surface area contributed by atoms with Gasteiger partial charge in [-0.05, 0) is 55.8 Å². The van der Waals surface area contributed by atoms with Crippen LogP contribution in [0.25, 0.3) is 10.9 Å². The SMILES string of the molecule is Cc1cc2c(cnn2C2CCCCO2)c(B(O)O)c1C. The van der Waals surface area contributed by atoms with E-state index in [1.54, 1.807) is 6.20 Å². The number of nitrogens with zero attached hydrogens (tertiary/aromatic N) is 2. The first-order valence-corrected chi connectivity index (χ1v) is 7.04. The summed E-state index contributed by atoms with van der Waals surface area (Å²) in [4.78, 5) is 0. The molecule has 1 atom stereocenters. The van der Waals surface area contributed by atoms with Crippen LogP contribution in [0.3, 0.4) is 0 Å². The van der Waals surface area contributed by atoms with Crippen molar-refractivity contribution in [3.05, 3.63) is 23.4 Å². The smallest absolute Gasteiger partial charge is 0.423 e. The second-order valence-electron chi connectivity index (χ2n) is 5.45. The lowest BCUT2D eigenvalue weighted by Gasteiger charge is -2.23. The summed E-state index contributed by atoms with van der Waals surface area (Å²) in [5.41, 5.74) is 3.37. The molecule has 1 fully saturated rings. The van der Waals surface area contributed by atoms with Crippen molar-refractivity contribution in [2.24, 2.45) is 0 Å². The van der Waals surface area contributed by atoms with E-state index >= 15 is 0 Å². The second kappa shape index (κ2) is 5.20. The zero-order valence-electron chi connectivity index (χ0n) is 11.8. The molecule has 0 bridgehead atoms. The number of hydrogen-bond donors (Lipinski definition) is 2. The highest BCUT2D eigenvalue weighted by atomic mass is 16.5. The number of aryl methyl sites for hydroxylation is 1. The quantitative estimate of drug-likeness (QED) is 0.803. The Morgan fingerprint density at radius 2 is 2.15 bits per heavy atom. The Labute approximate surface area is 118 Å². The number of rotatable bonds is 2. The van der Waals surface area contributed by atoms with Gasteiger partial charge >= 0.3 is 7.12 Å². The topological polar surface area (TPSA) is 67.5 Å². The van der Waals surface area contributed by atoms with E-state index in [9.17, 15) is 10.0 Å². The molecule has 0 radical (unpaired) electrons. The fourth-order valence-electron chi connectivity index (χ4n) is 2.93. The van der Waals surface area contributed by atoms with Crippen LogP contribution < -0.4 is 5.46 Å². The van der Waals surface area contributed by atoms with Crippen molar-refractivity contribution >= 4 is 23.5 Å². The molecule has 2 aromatic rings. The van der Waals surface area contributed by atoms with Crippen LogP contribution in [0.4, 0.5) is 0 Å². The van der Waals surface area contributed by atoms with E-state index in [0.717, 1.165) is 47.9 Å². The van der Waals surface area contributed by atoms with Crippen molar-refractivity contribution in [1.82, 2.24) is 9.78 Å². The fourth-order valence-corrected chi connectivity index (χ4v) is 2.93. The average molecular weight is 274 g/mol. The number of ether oxygens (including phenoxy) is 1. The van der Waals surface area contributed by atoms with Crippen LogP contribution in [0.2, 0.25) is 0 Å². The molecule has 6 heteroatoms. The van der Waals surface area contributed by atoms with E-state index in [-0.39, 0.29) is 6.23 Å². The molecule has 2 N–H and O–H groups in total. The van der Waals surface area contributed by atoms with Crippen LogP contribution in [0.1, 0.15) is 36.6 Å². The first-order chi connectivity index (χ1) is 9.59. The molecule has 1 aromatic carbocycles. The van der Waals surface area contributed by atoms with Gasteiger partial charge in [-0.15, -0.1) is 0 Å². The summed E-state index contributed by atoms with van der Waals surface area (Å²) in [7, 11) is -1.48. The maximum absolute atomic E-state index is 9.63. The van der Waals surface area contributed by atoms with Gasteiger partial charge in [0.05, 0.1) is 11.7 Å². The maximum Gasteiger partial charge on any atom is 0.489 e. The van der Waals surface area contributed by atoms with Gasteiger partial charge in [-0.25, -0.2) is 4.68 Å². The Bertz CT molecular complexity index is 633. The van der Waals surface area contributed by atoms with E-state index in [4.69, 9.17) is 4.74 Å². The van der Waals surface area contributed by atoms with Crippen LogP contribution in [0.15, 0.2) is 12.3 Å². The van der Waals surface area contributed by atoms with Crippen molar-refractivity contribution in [2.45, 2.75) is 39.3 Å². The van der Waals surface area contributed by atoms with Crippen LogP contribution in [-0.2, 0) is 4.74 Å². The molecule has 1 aromatic heterocycles. The van der Waals surface area contributed by atoms with E-state index in [1.807, 2.05) is 24.6 Å². The standard InChI is InChI=1S/C14H19BN2O3/c1-9-7-12-11(14(10(9)2)15(18)19)8-16-17(12)13-5-3-4-6-20-13/h7-8,13,18-19H,3-6H2,1-2H3. The number of fused-ring (bicyclic) bond motifs is 1. The zero-order chi connectivity index (χ0) is 14.3. The predicted octanol–water partition coefficient (Wildman–Crippen LogP) is 1.03. The molecule has 20 heavy (non-hydrogen) atoms. The maximum atomic E-state index is 9.63. The van der Waals surface area contributed by atoms with Gasteiger partial charge in [-0.1, -0.05) is 0 Å². The number of aromatic nitrogens is 2. The van der Waals surface area contributed by atoms with E-state index in [2.05, 4.69) is 5.10 Å². The summed E-state index contributed by atoms with van der Waals surface area (Å²) in [6, 6.07) is 2.04. The molecule has 0 amide bonds. The Kier molecular flexibility index (Phi) is 3.54. The van der Waals surface area contributed by atoms with Gasteiger partial charge < -0.3 is 14.8 Å². The largest absolute Gasteiger partial charge is 0.489 e. The van der Waals surface area contributed by atoms with Crippen molar-refractivity contribution in [3.63, 3.8) is 0 Å². The third kappa shape index (κ3) is 2.14. The van der Waals surface area contributed by atoms with Crippen LogP contribution >= 0.6 is 0 Å². The molecule has 1 saturated heterocycles. The highest BCUT2D eigenvalue weighted by Crippen LogP contribution is 2.27. The Morgan fingerprint density at radius 3 is 2.80 bits per heavy atom. The van der Waals surface area contributed by atoms with Crippen LogP contribution in [-0.4, -0.2) is 33.6 Å².